The van der Waals surface area contributed by atoms with Crippen LogP contribution in [0.25, 0.3) is 0 Å². The Bertz CT molecular complexity index is 802. The van der Waals surface area contributed by atoms with Crippen LogP contribution in [0.3, 0.4) is 0 Å². The molecule has 0 spiro atoms. The lowest BCUT2D eigenvalue weighted by Crippen LogP contribution is -2.50. The molecule has 8 nitrogen and oxygen atoms in total. The van der Waals surface area contributed by atoms with Crippen LogP contribution in [0.2, 0.25) is 0 Å². The molecule has 0 aromatic heterocycles. The summed E-state index contributed by atoms with van der Waals surface area (Å²) in [6, 6.07) is 9.46. The van der Waals surface area contributed by atoms with Gasteiger partial charge in [0.05, 0.1) is 5.92 Å². The quantitative estimate of drug-likeness (QED) is 0.649. The number of alkyl carbamates (subject to hydrolysis) is 1. The molecular formula is C25H37N3O5. The van der Waals surface area contributed by atoms with Crippen molar-refractivity contribution >= 4 is 18.1 Å². The molecule has 1 aliphatic carbocycles. The molecule has 1 heterocycles. The van der Waals surface area contributed by atoms with E-state index in [1.165, 1.54) is 22.9 Å². The number of nitrogens with one attached hydrogen (secondary N) is 1. The third-order valence-corrected chi connectivity index (χ3v) is 6.04. The fourth-order valence-corrected chi connectivity index (χ4v) is 4.46. The van der Waals surface area contributed by atoms with Gasteiger partial charge in [0, 0.05) is 19.6 Å². The van der Waals surface area contributed by atoms with Gasteiger partial charge in [-0.3, -0.25) is 4.79 Å². The van der Waals surface area contributed by atoms with Crippen molar-refractivity contribution in [3.63, 3.8) is 0 Å². The van der Waals surface area contributed by atoms with Crippen molar-refractivity contribution in [2.24, 2.45) is 11.8 Å². The lowest BCUT2D eigenvalue weighted by Gasteiger charge is -2.33. The molecule has 0 radical (unpaired) electrons. The summed E-state index contributed by atoms with van der Waals surface area (Å²) in [6.07, 6.45) is 4.87. The predicted octanol–water partition coefficient (Wildman–Crippen LogP) is 4.49. The Kier molecular flexibility index (Phi) is 8.58. The molecular weight excluding hydrogens is 422 g/mol. The highest BCUT2D eigenvalue weighted by atomic mass is 16.6. The monoisotopic (exact) mass is 459 g/mol. The Morgan fingerprint density at radius 3 is 2.36 bits per heavy atom. The van der Waals surface area contributed by atoms with Crippen LogP contribution in [0.15, 0.2) is 30.3 Å². The van der Waals surface area contributed by atoms with Gasteiger partial charge in [0.15, 0.2) is 0 Å². The van der Waals surface area contributed by atoms with Crippen molar-refractivity contribution in [2.75, 3.05) is 19.6 Å². The van der Waals surface area contributed by atoms with Crippen molar-refractivity contribution in [1.29, 1.82) is 0 Å². The third-order valence-electron chi connectivity index (χ3n) is 6.04. The lowest BCUT2D eigenvalue weighted by molar-refractivity contribution is -0.147. The molecule has 0 bridgehead atoms. The van der Waals surface area contributed by atoms with Gasteiger partial charge in [-0.1, -0.05) is 56.0 Å². The van der Waals surface area contributed by atoms with Gasteiger partial charge in [-0.25, -0.2) is 19.6 Å². The molecule has 1 saturated carbocycles. The fourth-order valence-electron chi connectivity index (χ4n) is 4.46. The molecule has 1 aliphatic heterocycles. The summed E-state index contributed by atoms with van der Waals surface area (Å²) in [5, 5.41) is 5.68. The van der Waals surface area contributed by atoms with Crippen molar-refractivity contribution < 1.29 is 23.9 Å². The van der Waals surface area contributed by atoms with Crippen LogP contribution in [0.4, 0.5) is 9.59 Å². The summed E-state index contributed by atoms with van der Waals surface area (Å²) < 4.78 is 10.8. The molecule has 33 heavy (non-hydrogen) atoms. The van der Waals surface area contributed by atoms with Crippen LogP contribution >= 0.6 is 0 Å². The fraction of sp³-hybridized carbons (Fsp3) is 0.640. The van der Waals surface area contributed by atoms with Gasteiger partial charge >= 0.3 is 12.2 Å². The molecule has 2 aliphatic rings. The smallest absolute Gasteiger partial charge is 0.429 e. The highest BCUT2D eigenvalue weighted by Crippen LogP contribution is 2.31. The van der Waals surface area contributed by atoms with Crippen molar-refractivity contribution in [2.45, 2.75) is 71.5 Å². The first-order valence-electron chi connectivity index (χ1n) is 12.0. The summed E-state index contributed by atoms with van der Waals surface area (Å²) in [6.45, 7) is 6.69. The van der Waals surface area contributed by atoms with Crippen molar-refractivity contribution in [3.05, 3.63) is 35.9 Å². The van der Waals surface area contributed by atoms with E-state index in [0.717, 1.165) is 18.4 Å². The number of benzene rings is 1. The minimum absolute atomic E-state index is 0.145. The normalized spacial score (nSPS) is 17.7. The molecule has 1 aromatic rings. The maximum atomic E-state index is 13.5. The van der Waals surface area contributed by atoms with E-state index >= 15 is 0 Å². The van der Waals surface area contributed by atoms with Crippen molar-refractivity contribution in [1.82, 2.24) is 15.3 Å². The van der Waals surface area contributed by atoms with E-state index in [1.807, 2.05) is 30.3 Å². The number of hydrogen-bond donors (Lipinski definition) is 1. The van der Waals surface area contributed by atoms with Gasteiger partial charge in [-0.05, 0) is 45.1 Å². The van der Waals surface area contributed by atoms with Crippen LogP contribution in [-0.2, 0) is 20.9 Å². The second kappa shape index (κ2) is 11.4. The van der Waals surface area contributed by atoms with Crippen molar-refractivity contribution in [3.8, 4) is 0 Å². The Morgan fingerprint density at radius 1 is 1.03 bits per heavy atom. The second-order valence-electron chi connectivity index (χ2n) is 9.94. The zero-order valence-electron chi connectivity index (χ0n) is 20.0. The Morgan fingerprint density at radius 2 is 1.70 bits per heavy atom. The van der Waals surface area contributed by atoms with E-state index in [2.05, 4.69) is 5.32 Å². The zero-order chi connectivity index (χ0) is 23.8. The Labute approximate surface area is 196 Å². The molecule has 182 valence electrons. The van der Waals surface area contributed by atoms with E-state index in [-0.39, 0.29) is 19.1 Å². The SMILES string of the molecule is CC(C)(C)OC(=O)N1CCCN1C(=O)[C@@H](CNC(=O)OCc1ccccc1)CC1CCCC1. The maximum Gasteiger partial charge on any atom is 0.429 e. The molecule has 0 unspecified atom stereocenters. The summed E-state index contributed by atoms with van der Waals surface area (Å²) >= 11 is 0. The summed E-state index contributed by atoms with van der Waals surface area (Å²) in [4.78, 5) is 38.4. The van der Waals surface area contributed by atoms with Gasteiger partial charge < -0.3 is 14.8 Å². The number of amides is 3. The Balaban J connectivity index is 1.60. The number of ether oxygens (including phenoxy) is 2. The van der Waals surface area contributed by atoms with Gasteiger partial charge in [0.1, 0.15) is 12.2 Å². The second-order valence-corrected chi connectivity index (χ2v) is 9.94. The van der Waals surface area contributed by atoms with Gasteiger partial charge in [-0.15, -0.1) is 0 Å². The standard InChI is InChI=1S/C25H37N3O5/c1-25(2,3)33-24(31)28-15-9-14-27(28)22(29)21(16-19-10-7-8-11-19)17-26-23(30)32-18-20-12-5-4-6-13-20/h4-6,12-13,19,21H,7-11,14-18H2,1-3H3,(H,26,30)/t21-/m1/s1. The topological polar surface area (TPSA) is 88.2 Å². The number of carbonyl (C=O) groups is 3. The average Bonchev–Trinajstić information content (AvgIpc) is 3.46. The van der Waals surface area contributed by atoms with E-state index in [9.17, 15) is 14.4 Å². The number of nitrogens with zero attached hydrogens (tertiary/aromatic N) is 2. The molecule has 3 rings (SSSR count). The van der Waals surface area contributed by atoms with Crippen LogP contribution in [-0.4, -0.2) is 53.3 Å². The van der Waals surface area contributed by atoms with E-state index in [4.69, 9.17) is 9.47 Å². The minimum Gasteiger partial charge on any atom is -0.445 e. The van der Waals surface area contributed by atoms with E-state index in [1.54, 1.807) is 20.8 Å². The number of hydrogen-bond acceptors (Lipinski definition) is 5. The van der Waals surface area contributed by atoms with Crippen LogP contribution in [0.5, 0.6) is 0 Å². The average molecular weight is 460 g/mol. The summed E-state index contributed by atoms with van der Waals surface area (Å²) in [5.41, 5.74) is 0.262. The maximum absolute atomic E-state index is 13.5. The first kappa shape index (κ1) is 24.9. The van der Waals surface area contributed by atoms with Crippen LogP contribution in [0, 0.1) is 11.8 Å². The van der Waals surface area contributed by atoms with Crippen LogP contribution in [0.1, 0.15) is 64.9 Å². The predicted molar refractivity (Wildman–Crippen MR) is 124 cm³/mol. The first-order valence-corrected chi connectivity index (χ1v) is 12.0. The molecule has 3 amide bonds. The number of rotatable bonds is 7. The molecule has 2 fully saturated rings. The molecule has 8 heteroatoms. The molecule has 1 aromatic carbocycles. The zero-order valence-corrected chi connectivity index (χ0v) is 20.0. The van der Waals surface area contributed by atoms with Gasteiger partial charge in [0.2, 0.25) is 5.91 Å². The third kappa shape index (κ3) is 7.65. The number of hydrazine groups is 1. The largest absolute Gasteiger partial charge is 0.445 e. The summed E-state index contributed by atoms with van der Waals surface area (Å²) in [5.74, 6) is -0.104. The lowest BCUT2D eigenvalue weighted by atomic mass is 9.92. The molecule has 1 atom stereocenters. The molecule has 1 saturated heterocycles. The number of carbonyl (C=O) groups excluding carboxylic acids is 3. The minimum atomic E-state index is -0.637. The van der Waals surface area contributed by atoms with Gasteiger partial charge in [0.25, 0.3) is 0 Å². The van der Waals surface area contributed by atoms with Gasteiger partial charge in [-0.2, -0.15) is 0 Å². The van der Waals surface area contributed by atoms with E-state index < -0.39 is 23.7 Å². The highest BCUT2D eigenvalue weighted by molar-refractivity contribution is 5.82. The van der Waals surface area contributed by atoms with E-state index in [0.29, 0.717) is 31.8 Å². The van der Waals surface area contributed by atoms with Crippen LogP contribution < -0.4 is 5.32 Å². The molecule has 1 N–H and O–H groups in total. The summed E-state index contributed by atoms with van der Waals surface area (Å²) in [7, 11) is 0. The highest BCUT2D eigenvalue weighted by Gasteiger charge is 2.38. The first-order chi connectivity index (χ1) is 15.7. The Hall–Kier alpha value is -2.77.